The van der Waals surface area contributed by atoms with Crippen LogP contribution in [0.3, 0.4) is 0 Å². The van der Waals surface area contributed by atoms with E-state index in [-0.39, 0.29) is 5.54 Å². The van der Waals surface area contributed by atoms with Crippen LogP contribution < -0.4 is 5.73 Å². The molecule has 0 aliphatic carbocycles. The summed E-state index contributed by atoms with van der Waals surface area (Å²) in [5.41, 5.74) is 7.29. The maximum Gasteiger partial charge on any atom is 0.126 e. The van der Waals surface area contributed by atoms with Gasteiger partial charge in [-0.2, -0.15) is 5.10 Å². The minimum atomic E-state index is -0.0511. The standard InChI is InChI=1S/C13H25N5/c1-13(2,3)18-12(14)11(9-15-18)10-17-7-5-16(4)6-8-17/h9H,5-8,10,14H2,1-4H3. The monoisotopic (exact) mass is 251 g/mol. The van der Waals surface area contributed by atoms with E-state index in [1.807, 2.05) is 10.9 Å². The second-order valence-electron chi connectivity index (χ2n) is 6.22. The molecule has 5 nitrogen and oxygen atoms in total. The first-order valence-corrected chi connectivity index (χ1v) is 6.61. The molecule has 0 unspecified atom stereocenters. The first kappa shape index (κ1) is 13.4. The molecule has 1 aromatic rings. The predicted octanol–water partition coefficient (Wildman–Crippen LogP) is 0.968. The zero-order valence-electron chi connectivity index (χ0n) is 12.0. The fourth-order valence-corrected chi connectivity index (χ4v) is 2.30. The second-order valence-corrected chi connectivity index (χ2v) is 6.22. The molecule has 1 aliphatic rings. The highest BCUT2D eigenvalue weighted by molar-refractivity contribution is 5.39. The van der Waals surface area contributed by atoms with E-state index in [1.54, 1.807) is 0 Å². The van der Waals surface area contributed by atoms with Crippen molar-refractivity contribution >= 4 is 5.82 Å². The van der Waals surface area contributed by atoms with Crippen molar-refractivity contribution in [3.05, 3.63) is 11.8 Å². The van der Waals surface area contributed by atoms with Gasteiger partial charge in [0.25, 0.3) is 0 Å². The minimum Gasteiger partial charge on any atom is -0.384 e. The lowest BCUT2D eigenvalue weighted by atomic mass is 10.1. The van der Waals surface area contributed by atoms with Gasteiger partial charge < -0.3 is 10.6 Å². The van der Waals surface area contributed by atoms with Gasteiger partial charge in [-0.25, -0.2) is 4.68 Å². The van der Waals surface area contributed by atoms with Crippen LogP contribution in [0.25, 0.3) is 0 Å². The summed E-state index contributed by atoms with van der Waals surface area (Å²) in [5, 5.41) is 4.42. The van der Waals surface area contributed by atoms with Crippen LogP contribution in [0.5, 0.6) is 0 Å². The molecule has 1 saturated heterocycles. The van der Waals surface area contributed by atoms with E-state index in [1.165, 1.54) is 0 Å². The molecule has 0 saturated carbocycles. The Morgan fingerprint density at radius 3 is 2.33 bits per heavy atom. The summed E-state index contributed by atoms with van der Waals surface area (Å²) in [7, 11) is 2.17. The minimum absolute atomic E-state index is 0.0511. The lowest BCUT2D eigenvalue weighted by Gasteiger charge is -2.32. The highest BCUT2D eigenvalue weighted by atomic mass is 15.3. The second kappa shape index (κ2) is 4.90. The average molecular weight is 251 g/mol. The highest BCUT2D eigenvalue weighted by Gasteiger charge is 2.21. The van der Waals surface area contributed by atoms with Crippen molar-refractivity contribution in [1.29, 1.82) is 0 Å². The number of anilines is 1. The molecule has 2 rings (SSSR count). The fourth-order valence-electron chi connectivity index (χ4n) is 2.30. The number of nitrogen functional groups attached to an aromatic ring is 1. The maximum absolute atomic E-state index is 6.20. The molecule has 5 heteroatoms. The molecule has 0 aromatic carbocycles. The van der Waals surface area contributed by atoms with Gasteiger partial charge in [-0.3, -0.25) is 4.90 Å². The predicted molar refractivity (Wildman–Crippen MR) is 74.4 cm³/mol. The Morgan fingerprint density at radius 2 is 1.83 bits per heavy atom. The van der Waals surface area contributed by atoms with Gasteiger partial charge in [-0.1, -0.05) is 0 Å². The van der Waals surface area contributed by atoms with E-state index < -0.39 is 0 Å². The SMILES string of the molecule is CN1CCN(Cc2cnn(C(C)(C)C)c2N)CC1. The normalized spacial score (nSPS) is 19.3. The lowest BCUT2D eigenvalue weighted by molar-refractivity contribution is 0.148. The molecule has 2 N–H and O–H groups in total. The number of nitrogens with zero attached hydrogens (tertiary/aromatic N) is 4. The molecule has 1 aromatic heterocycles. The van der Waals surface area contributed by atoms with Crippen LogP contribution in [-0.4, -0.2) is 52.8 Å². The van der Waals surface area contributed by atoms with E-state index in [2.05, 4.69) is 42.7 Å². The first-order valence-electron chi connectivity index (χ1n) is 6.61. The van der Waals surface area contributed by atoms with Gasteiger partial charge in [0.1, 0.15) is 5.82 Å². The third kappa shape index (κ3) is 2.84. The molecular weight excluding hydrogens is 226 g/mol. The summed E-state index contributed by atoms with van der Waals surface area (Å²) in [4.78, 5) is 4.80. The summed E-state index contributed by atoms with van der Waals surface area (Å²) < 4.78 is 1.92. The molecule has 0 amide bonds. The molecule has 0 spiro atoms. The molecule has 2 heterocycles. The molecule has 0 bridgehead atoms. The van der Waals surface area contributed by atoms with Gasteiger partial charge in [0, 0.05) is 38.3 Å². The third-order valence-electron chi connectivity index (χ3n) is 3.51. The third-order valence-corrected chi connectivity index (χ3v) is 3.51. The smallest absolute Gasteiger partial charge is 0.126 e. The van der Waals surface area contributed by atoms with Crippen molar-refractivity contribution in [2.45, 2.75) is 32.9 Å². The van der Waals surface area contributed by atoms with Crippen LogP contribution in [-0.2, 0) is 12.1 Å². The Bertz CT molecular complexity index is 396. The quantitative estimate of drug-likeness (QED) is 0.851. The van der Waals surface area contributed by atoms with Crippen LogP contribution in [0.2, 0.25) is 0 Å². The molecule has 0 atom stereocenters. The van der Waals surface area contributed by atoms with Crippen LogP contribution in [0, 0.1) is 0 Å². The van der Waals surface area contributed by atoms with Crippen LogP contribution in [0.15, 0.2) is 6.20 Å². The number of likely N-dealkylation sites (N-methyl/N-ethyl adjacent to an activating group) is 1. The number of rotatable bonds is 2. The molecule has 102 valence electrons. The van der Waals surface area contributed by atoms with Crippen LogP contribution >= 0.6 is 0 Å². The molecular formula is C13H25N5. The van der Waals surface area contributed by atoms with Crippen molar-refractivity contribution < 1.29 is 0 Å². The van der Waals surface area contributed by atoms with Gasteiger partial charge in [0.15, 0.2) is 0 Å². The number of nitrogens with two attached hydrogens (primary N) is 1. The summed E-state index contributed by atoms with van der Waals surface area (Å²) >= 11 is 0. The van der Waals surface area contributed by atoms with Crippen LogP contribution in [0.1, 0.15) is 26.3 Å². The first-order chi connectivity index (χ1) is 8.38. The van der Waals surface area contributed by atoms with Gasteiger partial charge in [-0.05, 0) is 27.8 Å². The Kier molecular flexibility index (Phi) is 3.64. The summed E-state index contributed by atoms with van der Waals surface area (Å²) in [6.45, 7) is 11.8. The average Bonchev–Trinajstić information content (AvgIpc) is 2.63. The summed E-state index contributed by atoms with van der Waals surface area (Å²) in [6, 6.07) is 0. The molecule has 18 heavy (non-hydrogen) atoms. The van der Waals surface area contributed by atoms with E-state index in [9.17, 15) is 0 Å². The van der Waals surface area contributed by atoms with E-state index in [0.29, 0.717) is 0 Å². The Hall–Kier alpha value is -1.07. The van der Waals surface area contributed by atoms with Gasteiger partial charge in [-0.15, -0.1) is 0 Å². The molecule has 1 fully saturated rings. The van der Waals surface area contributed by atoms with Gasteiger partial charge >= 0.3 is 0 Å². The van der Waals surface area contributed by atoms with E-state index in [0.717, 1.165) is 44.1 Å². The number of hydrogen-bond acceptors (Lipinski definition) is 4. The number of piperazine rings is 1. The van der Waals surface area contributed by atoms with Crippen molar-refractivity contribution in [3.63, 3.8) is 0 Å². The van der Waals surface area contributed by atoms with Gasteiger partial charge in [0.05, 0.1) is 11.7 Å². The fraction of sp³-hybridized carbons (Fsp3) is 0.769. The lowest BCUT2D eigenvalue weighted by Crippen LogP contribution is -2.43. The van der Waals surface area contributed by atoms with E-state index >= 15 is 0 Å². The van der Waals surface area contributed by atoms with Crippen molar-refractivity contribution in [2.24, 2.45) is 0 Å². The zero-order chi connectivity index (χ0) is 13.3. The van der Waals surface area contributed by atoms with Crippen molar-refractivity contribution in [3.8, 4) is 0 Å². The zero-order valence-corrected chi connectivity index (χ0v) is 12.0. The Balaban J connectivity index is 2.04. The summed E-state index contributed by atoms with van der Waals surface area (Å²) in [5.74, 6) is 0.807. The Labute approximate surface area is 110 Å². The van der Waals surface area contributed by atoms with Crippen molar-refractivity contribution in [1.82, 2.24) is 19.6 Å². The molecule has 1 aliphatic heterocycles. The van der Waals surface area contributed by atoms with Crippen LogP contribution in [0.4, 0.5) is 5.82 Å². The number of hydrogen-bond donors (Lipinski definition) is 1. The van der Waals surface area contributed by atoms with Gasteiger partial charge in [0.2, 0.25) is 0 Å². The molecule has 0 radical (unpaired) electrons. The highest BCUT2D eigenvalue weighted by Crippen LogP contribution is 2.22. The number of aromatic nitrogens is 2. The Morgan fingerprint density at radius 1 is 1.22 bits per heavy atom. The van der Waals surface area contributed by atoms with Crippen molar-refractivity contribution in [2.75, 3.05) is 39.0 Å². The largest absolute Gasteiger partial charge is 0.384 e. The topological polar surface area (TPSA) is 50.3 Å². The summed E-state index contributed by atoms with van der Waals surface area (Å²) in [6.07, 6.45) is 1.92. The maximum atomic E-state index is 6.20. The van der Waals surface area contributed by atoms with E-state index in [4.69, 9.17) is 5.73 Å².